The van der Waals surface area contributed by atoms with Crippen molar-refractivity contribution in [2.75, 3.05) is 110 Å². The first-order valence-electron chi connectivity index (χ1n) is 14.5. The van der Waals surface area contributed by atoms with Gasteiger partial charge in [0.2, 0.25) is 0 Å². The van der Waals surface area contributed by atoms with E-state index in [0.29, 0.717) is 32.7 Å². The van der Waals surface area contributed by atoms with E-state index in [9.17, 15) is 24.0 Å². The monoisotopic (exact) mass is 697 g/mol. The van der Waals surface area contributed by atoms with Crippen LogP contribution in [0.3, 0.4) is 0 Å². The van der Waals surface area contributed by atoms with Crippen LogP contribution in [0.4, 0.5) is 0 Å². The van der Waals surface area contributed by atoms with Crippen LogP contribution in [-0.2, 0) is 39.9 Å². The highest BCUT2D eigenvalue weighted by atomic mass is 35.5. The third-order valence-electron chi connectivity index (χ3n) is 4.58. The molecule has 3 N–H and O–H groups in total. The van der Waals surface area contributed by atoms with Crippen molar-refractivity contribution in [1.82, 2.24) is 24.5 Å². The molecule has 15 nitrogen and oxygen atoms in total. The molecule has 0 bridgehead atoms. The lowest BCUT2D eigenvalue weighted by Crippen LogP contribution is -2.37. The molecule has 0 unspecified atom stereocenters. The van der Waals surface area contributed by atoms with E-state index in [1.54, 1.807) is 80.6 Å². The number of carbonyl (C=O) groups is 5. The highest BCUT2D eigenvalue weighted by Crippen LogP contribution is 2.06. The van der Waals surface area contributed by atoms with Crippen LogP contribution in [0.5, 0.6) is 0 Å². The maximum Gasteiger partial charge on any atom is 0.321 e. The molecule has 276 valence electrons. The number of nitrogens with zero attached hydrogens (tertiary/aromatic N) is 5. The van der Waals surface area contributed by atoms with Gasteiger partial charge < -0.3 is 24.8 Å². The van der Waals surface area contributed by atoms with Crippen molar-refractivity contribution in [3.05, 3.63) is 35.9 Å². The van der Waals surface area contributed by atoms with Gasteiger partial charge in [-0.2, -0.15) is 0 Å². The number of carboxylic acids is 3. The van der Waals surface area contributed by atoms with E-state index in [4.69, 9.17) is 15.3 Å². The fraction of sp³-hybridized carbons (Fsp3) is 0.645. The molecule has 1 aromatic rings. The van der Waals surface area contributed by atoms with E-state index in [2.05, 4.69) is 9.47 Å². The summed E-state index contributed by atoms with van der Waals surface area (Å²) < 4.78 is 9.34. The summed E-state index contributed by atoms with van der Waals surface area (Å²) in [7, 11) is 17.7. The second-order valence-electron chi connectivity index (χ2n) is 10.9. The van der Waals surface area contributed by atoms with Crippen LogP contribution in [0, 0.1) is 0 Å². The normalized spacial score (nSPS) is 10.4. The van der Waals surface area contributed by atoms with Crippen LogP contribution in [0.1, 0.15) is 19.4 Å². The number of likely N-dealkylation sites (N-methyl/N-ethyl adjacent to an activating group) is 5. The second-order valence-corrected chi connectivity index (χ2v) is 10.9. The van der Waals surface area contributed by atoms with E-state index >= 15 is 0 Å². The summed E-state index contributed by atoms with van der Waals surface area (Å²) in [6.45, 7) is 5.49. The van der Waals surface area contributed by atoms with Crippen molar-refractivity contribution < 1.29 is 48.8 Å². The first-order chi connectivity index (χ1) is 21.2. The minimum Gasteiger partial charge on any atom is -0.480 e. The van der Waals surface area contributed by atoms with E-state index in [0.717, 1.165) is 5.56 Å². The molecule has 0 radical (unpaired) electrons. The Balaban J connectivity index is -0.000000160. The van der Waals surface area contributed by atoms with Gasteiger partial charge in [0.1, 0.15) is 6.04 Å². The minimum atomic E-state index is -0.787. The van der Waals surface area contributed by atoms with E-state index in [-0.39, 0.29) is 37.4 Å². The Morgan fingerprint density at radius 3 is 1.11 bits per heavy atom. The molecule has 0 spiro atoms. The number of esters is 2. The van der Waals surface area contributed by atoms with Crippen molar-refractivity contribution >= 4 is 42.3 Å². The lowest BCUT2D eigenvalue weighted by atomic mass is 10.1. The maximum atomic E-state index is 10.9. The quantitative estimate of drug-likeness (QED) is 0.235. The Kier molecular flexibility index (Phi) is 38.5. The fourth-order valence-corrected chi connectivity index (χ4v) is 2.80. The number of carboxylic acid groups (broad SMARTS) is 3. The van der Waals surface area contributed by atoms with Crippen LogP contribution >= 0.6 is 12.4 Å². The van der Waals surface area contributed by atoms with Gasteiger partial charge in [0.05, 0.1) is 39.4 Å². The van der Waals surface area contributed by atoms with Crippen molar-refractivity contribution in [2.45, 2.75) is 26.3 Å². The summed E-state index contributed by atoms with van der Waals surface area (Å²) in [5.41, 5.74) is 1.05. The smallest absolute Gasteiger partial charge is 0.321 e. The first-order valence-corrected chi connectivity index (χ1v) is 14.5. The Bertz CT molecular complexity index is 906. The molecule has 0 saturated carbocycles. The number of halogens is 1. The maximum absolute atomic E-state index is 10.9. The first kappa shape index (κ1) is 53.2. The molecule has 1 atom stereocenters. The lowest BCUT2D eigenvalue weighted by molar-refractivity contribution is -0.144. The van der Waals surface area contributed by atoms with Crippen LogP contribution in [-0.4, -0.2) is 186 Å². The summed E-state index contributed by atoms with van der Waals surface area (Å²) in [4.78, 5) is 60.1. The van der Waals surface area contributed by atoms with Crippen LogP contribution in [0.2, 0.25) is 0 Å². The van der Waals surface area contributed by atoms with Crippen molar-refractivity contribution in [1.29, 1.82) is 0 Å². The number of hydrogen-bond acceptors (Lipinski definition) is 12. The molecule has 0 aromatic heterocycles. The van der Waals surface area contributed by atoms with Gasteiger partial charge in [-0.05, 0) is 96.3 Å². The number of carbonyl (C=O) groups excluding carboxylic acids is 2. The summed E-state index contributed by atoms with van der Waals surface area (Å²) in [5.74, 6) is -2.68. The van der Waals surface area contributed by atoms with Gasteiger partial charge in [0, 0.05) is 0 Å². The highest BCUT2D eigenvalue weighted by Gasteiger charge is 2.19. The minimum absolute atomic E-state index is 0. The summed E-state index contributed by atoms with van der Waals surface area (Å²) in [5, 5.41) is 25.0. The molecule has 0 aliphatic rings. The van der Waals surface area contributed by atoms with Gasteiger partial charge in [0.25, 0.3) is 0 Å². The topological polar surface area (TPSA) is 181 Å². The number of rotatable bonds is 14. The number of hydrogen-bond donors (Lipinski definition) is 3. The molecule has 0 heterocycles. The van der Waals surface area contributed by atoms with Crippen LogP contribution in [0.25, 0.3) is 0 Å². The standard InChI is InChI=1S/C11H15NO2.2C6H13NO2.2C4H9NO2.ClH/c1-12(2)10(11(13)14)8-9-6-4-3-5-7-9;2*1-4-9-6(8)5-7(2)3;2*1-5(2)3-4(6)7;/h3-7,10H,8H2,1-2H3,(H,13,14);2*4-5H2,1-3H3;2*3H2,1-2H3,(H,6,7);1H/t10-;;;;;/m0...../s1. The number of aliphatic carboxylic acids is 3. The number of benzene rings is 1. The molecule has 0 fully saturated rings. The predicted molar refractivity (Wildman–Crippen MR) is 185 cm³/mol. The zero-order valence-electron chi connectivity index (χ0n) is 30.3. The van der Waals surface area contributed by atoms with Crippen LogP contribution in [0.15, 0.2) is 30.3 Å². The zero-order valence-corrected chi connectivity index (χ0v) is 31.1. The third kappa shape index (κ3) is 47.2. The Labute approximate surface area is 287 Å². The van der Waals surface area contributed by atoms with Gasteiger partial charge in [-0.25, -0.2) is 0 Å². The summed E-state index contributed by atoms with van der Waals surface area (Å²) in [6.07, 6.45) is 0.545. The van der Waals surface area contributed by atoms with E-state index in [1.165, 1.54) is 0 Å². The van der Waals surface area contributed by atoms with Crippen LogP contribution < -0.4 is 0 Å². The SMILES string of the molecule is CCOC(=O)CN(C)C.CCOC(=O)CN(C)C.CN(C)CC(=O)O.CN(C)CC(=O)O.CN(C)[C@@H](Cc1ccccc1)C(=O)O.Cl. The third-order valence-corrected chi connectivity index (χ3v) is 4.58. The van der Waals surface area contributed by atoms with Crippen molar-refractivity contribution in [3.8, 4) is 0 Å². The van der Waals surface area contributed by atoms with E-state index in [1.807, 2.05) is 58.5 Å². The molecule has 0 saturated heterocycles. The average Bonchev–Trinajstić information content (AvgIpc) is 2.87. The average molecular weight is 698 g/mol. The predicted octanol–water partition coefficient (Wildman–Crippen LogP) is 1.15. The Morgan fingerprint density at radius 2 is 0.915 bits per heavy atom. The Morgan fingerprint density at radius 1 is 0.596 bits per heavy atom. The van der Waals surface area contributed by atoms with Gasteiger partial charge in [-0.1, -0.05) is 30.3 Å². The molecular formula is C31H60ClN5O10. The molecule has 1 aromatic carbocycles. The van der Waals surface area contributed by atoms with Gasteiger partial charge in [-0.3, -0.25) is 48.5 Å². The van der Waals surface area contributed by atoms with Gasteiger partial charge in [-0.15, -0.1) is 12.4 Å². The summed E-state index contributed by atoms with van der Waals surface area (Å²) >= 11 is 0. The molecule has 1 rings (SSSR count). The highest BCUT2D eigenvalue weighted by molar-refractivity contribution is 5.85. The lowest BCUT2D eigenvalue weighted by Gasteiger charge is -2.19. The molecule has 16 heteroatoms. The second kappa shape index (κ2) is 34.0. The zero-order chi connectivity index (χ0) is 36.8. The molecular weight excluding hydrogens is 638 g/mol. The van der Waals surface area contributed by atoms with Crippen molar-refractivity contribution in [2.24, 2.45) is 0 Å². The van der Waals surface area contributed by atoms with Gasteiger partial charge >= 0.3 is 29.8 Å². The van der Waals surface area contributed by atoms with Gasteiger partial charge in [0.15, 0.2) is 0 Å². The molecule has 0 aliphatic carbocycles. The van der Waals surface area contributed by atoms with Crippen molar-refractivity contribution in [3.63, 3.8) is 0 Å². The molecule has 47 heavy (non-hydrogen) atoms. The summed E-state index contributed by atoms with van der Waals surface area (Å²) in [6, 6.07) is 9.21. The Hall–Kier alpha value is -3.34. The molecule has 0 aliphatic heterocycles. The molecule has 0 amide bonds. The number of ether oxygens (including phenoxy) is 2. The fourth-order valence-electron chi connectivity index (χ4n) is 2.80. The largest absolute Gasteiger partial charge is 0.480 e. The van der Waals surface area contributed by atoms with E-state index < -0.39 is 23.9 Å².